The fraction of sp³-hybridized carbons (Fsp3) is 0.200. The maximum Gasteiger partial charge on any atom is 0.405 e. The van der Waals surface area contributed by atoms with Crippen molar-refractivity contribution in [2.75, 3.05) is 0 Å². The number of halogens is 2. The first-order valence-electron chi connectivity index (χ1n) is 4.38. The van der Waals surface area contributed by atoms with Gasteiger partial charge in [0.1, 0.15) is 9.78 Å². The molecule has 0 fully saturated rings. The molecule has 16 heavy (non-hydrogen) atoms. The van der Waals surface area contributed by atoms with Crippen molar-refractivity contribution in [2.24, 2.45) is 0 Å². The number of amides is 1. The van der Waals surface area contributed by atoms with Gasteiger partial charge < -0.3 is 10.4 Å². The van der Waals surface area contributed by atoms with Gasteiger partial charge in [0.25, 0.3) is 0 Å². The first-order chi connectivity index (χ1) is 7.52. The van der Waals surface area contributed by atoms with Crippen LogP contribution < -0.4 is 5.32 Å². The van der Waals surface area contributed by atoms with Gasteiger partial charge in [0, 0.05) is 0 Å². The summed E-state index contributed by atoms with van der Waals surface area (Å²) in [4.78, 5) is 22.4. The number of hydrogen-bond donors (Lipinski definition) is 2. The number of Topliss-reactive ketones (excluding diaryl/α,β-unsaturated/α-hetero) is 1. The Hall–Kier alpha value is -0.880. The van der Waals surface area contributed by atoms with Crippen molar-refractivity contribution >= 4 is 43.7 Å². The highest BCUT2D eigenvalue weighted by Gasteiger charge is 2.26. The van der Waals surface area contributed by atoms with Crippen molar-refractivity contribution in [1.29, 1.82) is 0 Å². The van der Waals surface area contributed by atoms with E-state index in [0.29, 0.717) is 5.56 Å². The fourth-order valence-corrected chi connectivity index (χ4v) is 1.74. The second-order valence-electron chi connectivity index (χ2n) is 3.00. The number of rotatable bonds is 4. The zero-order valence-corrected chi connectivity index (χ0v) is 11.2. The minimum Gasteiger partial charge on any atom is -0.465 e. The molecule has 6 heteroatoms. The smallest absolute Gasteiger partial charge is 0.405 e. The van der Waals surface area contributed by atoms with Gasteiger partial charge in [-0.25, -0.2) is 4.79 Å². The molecule has 1 atom stereocenters. The summed E-state index contributed by atoms with van der Waals surface area (Å²) in [6, 6.07) is 7.81. The highest BCUT2D eigenvalue weighted by Crippen LogP contribution is 2.21. The van der Waals surface area contributed by atoms with Gasteiger partial charge in [0.2, 0.25) is 0 Å². The van der Waals surface area contributed by atoms with Crippen LogP contribution in [0.15, 0.2) is 30.3 Å². The van der Waals surface area contributed by atoms with Crippen LogP contribution in [0.2, 0.25) is 0 Å². The second kappa shape index (κ2) is 6.00. The third-order valence-corrected chi connectivity index (χ3v) is 2.80. The van der Waals surface area contributed by atoms with Crippen molar-refractivity contribution in [3.8, 4) is 0 Å². The molecular formula is C10H9Br2NO3. The zero-order chi connectivity index (χ0) is 12.1. The Labute approximate surface area is 109 Å². The van der Waals surface area contributed by atoms with Gasteiger partial charge in [-0.2, -0.15) is 0 Å². The van der Waals surface area contributed by atoms with Gasteiger partial charge in [-0.3, -0.25) is 4.79 Å². The summed E-state index contributed by atoms with van der Waals surface area (Å²) in [6.45, 7) is 0. The largest absolute Gasteiger partial charge is 0.465 e. The van der Waals surface area contributed by atoms with Crippen LogP contribution >= 0.6 is 31.9 Å². The Kier molecular flexibility index (Phi) is 4.95. The van der Waals surface area contributed by atoms with E-state index in [1.165, 1.54) is 0 Å². The van der Waals surface area contributed by atoms with Crippen LogP contribution in [-0.2, 0) is 4.79 Å². The van der Waals surface area contributed by atoms with Crippen LogP contribution in [0.4, 0.5) is 4.79 Å². The van der Waals surface area contributed by atoms with Gasteiger partial charge in [-0.15, -0.1) is 0 Å². The number of carbonyl (C=O) groups is 2. The summed E-state index contributed by atoms with van der Waals surface area (Å²) < 4.78 is -0.586. The SMILES string of the molecule is O=C(O)NC(C(=O)C(Br)Br)c1ccccc1. The lowest BCUT2D eigenvalue weighted by Gasteiger charge is -2.16. The maximum atomic E-state index is 11.8. The van der Waals surface area contributed by atoms with Crippen LogP contribution in [0.25, 0.3) is 0 Å². The molecule has 1 amide bonds. The third kappa shape index (κ3) is 3.61. The molecule has 4 nitrogen and oxygen atoms in total. The van der Waals surface area contributed by atoms with Crippen LogP contribution in [0, 0.1) is 0 Å². The zero-order valence-electron chi connectivity index (χ0n) is 8.06. The van der Waals surface area contributed by atoms with Gasteiger partial charge in [0.15, 0.2) is 5.78 Å². The lowest BCUT2D eigenvalue weighted by Crippen LogP contribution is -2.34. The van der Waals surface area contributed by atoms with Crippen LogP contribution in [-0.4, -0.2) is 20.7 Å². The Balaban J connectivity index is 2.96. The average Bonchev–Trinajstić information content (AvgIpc) is 2.26. The van der Waals surface area contributed by atoms with E-state index in [0.717, 1.165) is 0 Å². The summed E-state index contributed by atoms with van der Waals surface area (Å²) in [6.07, 6.45) is -1.23. The lowest BCUT2D eigenvalue weighted by atomic mass is 10.0. The Morgan fingerprint density at radius 1 is 1.19 bits per heavy atom. The molecule has 0 heterocycles. The predicted molar refractivity (Wildman–Crippen MR) is 67.0 cm³/mol. The van der Waals surface area contributed by atoms with E-state index in [4.69, 9.17) is 5.11 Å². The van der Waals surface area contributed by atoms with Crippen molar-refractivity contribution in [2.45, 2.75) is 9.78 Å². The molecule has 0 spiro atoms. The molecule has 1 unspecified atom stereocenters. The van der Waals surface area contributed by atoms with Crippen molar-refractivity contribution in [3.63, 3.8) is 0 Å². The monoisotopic (exact) mass is 349 g/mol. The molecule has 86 valence electrons. The first-order valence-corrected chi connectivity index (χ1v) is 6.22. The molecule has 1 aromatic rings. The number of carboxylic acid groups (broad SMARTS) is 1. The van der Waals surface area contributed by atoms with E-state index in [1.54, 1.807) is 30.3 Å². The Morgan fingerprint density at radius 3 is 2.19 bits per heavy atom. The van der Waals surface area contributed by atoms with Crippen LogP contribution in [0.5, 0.6) is 0 Å². The molecular weight excluding hydrogens is 342 g/mol. The van der Waals surface area contributed by atoms with Crippen molar-refractivity contribution in [3.05, 3.63) is 35.9 Å². The molecule has 0 saturated carbocycles. The summed E-state index contributed by atoms with van der Waals surface area (Å²) in [5, 5.41) is 10.9. The molecule has 0 aliphatic carbocycles. The van der Waals surface area contributed by atoms with E-state index < -0.39 is 15.9 Å². The lowest BCUT2D eigenvalue weighted by molar-refractivity contribution is -0.119. The number of benzene rings is 1. The number of nitrogens with one attached hydrogen (secondary N) is 1. The van der Waals surface area contributed by atoms with Crippen molar-refractivity contribution in [1.82, 2.24) is 5.32 Å². The summed E-state index contributed by atoms with van der Waals surface area (Å²) >= 11 is 6.12. The van der Waals surface area contributed by atoms with Crippen molar-refractivity contribution < 1.29 is 14.7 Å². The van der Waals surface area contributed by atoms with E-state index in [1.807, 2.05) is 0 Å². The van der Waals surface area contributed by atoms with Gasteiger partial charge in [-0.05, 0) is 5.56 Å². The van der Waals surface area contributed by atoms with E-state index >= 15 is 0 Å². The number of alkyl halides is 2. The van der Waals surface area contributed by atoms with Gasteiger partial charge in [-0.1, -0.05) is 62.2 Å². The van der Waals surface area contributed by atoms with E-state index in [9.17, 15) is 9.59 Å². The molecule has 0 aliphatic rings. The molecule has 0 aromatic heterocycles. The topological polar surface area (TPSA) is 66.4 Å². The van der Waals surface area contributed by atoms with Crippen LogP contribution in [0.3, 0.4) is 0 Å². The standard InChI is InChI=1S/C10H9Br2NO3/c11-9(12)8(14)7(13-10(15)16)6-4-2-1-3-5-6/h1-5,7,9,13H,(H,15,16). The first kappa shape index (κ1) is 13.2. The van der Waals surface area contributed by atoms with E-state index in [-0.39, 0.29) is 5.78 Å². The normalized spacial score (nSPS) is 12.2. The third-order valence-electron chi connectivity index (χ3n) is 1.90. The average molecular weight is 351 g/mol. The fourth-order valence-electron chi connectivity index (χ4n) is 1.21. The molecule has 0 bridgehead atoms. The quantitative estimate of drug-likeness (QED) is 0.820. The minimum atomic E-state index is -1.23. The molecule has 0 radical (unpaired) electrons. The second-order valence-corrected chi connectivity index (χ2v) is 6.06. The summed E-state index contributed by atoms with van der Waals surface area (Å²) in [7, 11) is 0. The van der Waals surface area contributed by atoms with Gasteiger partial charge in [0.05, 0.1) is 0 Å². The highest BCUT2D eigenvalue weighted by atomic mass is 79.9. The minimum absolute atomic E-state index is 0.298. The highest BCUT2D eigenvalue weighted by molar-refractivity contribution is 9.25. The van der Waals surface area contributed by atoms with Crippen LogP contribution in [0.1, 0.15) is 11.6 Å². The number of carbonyl (C=O) groups excluding carboxylic acids is 1. The molecule has 0 saturated heterocycles. The molecule has 1 rings (SSSR count). The molecule has 1 aromatic carbocycles. The van der Waals surface area contributed by atoms with E-state index in [2.05, 4.69) is 37.2 Å². The Morgan fingerprint density at radius 2 is 1.75 bits per heavy atom. The maximum absolute atomic E-state index is 11.8. The molecule has 0 aliphatic heterocycles. The van der Waals surface area contributed by atoms with Gasteiger partial charge >= 0.3 is 6.09 Å². The summed E-state index contributed by atoms with van der Waals surface area (Å²) in [5.74, 6) is -0.298. The summed E-state index contributed by atoms with van der Waals surface area (Å²) in [5.41, 5.74) is 0.610. The molecule has 2 N–H and O–H groups in total. The Bertz CT molecular complexity index is 381. The number of ketones is 1. The number of hydrogen-bond acceptors (Lipinski definition) is 2. The predicted octanol–water partition coefficient (Wildman–Crippen LogP) is 2.68.